The molecule has 1 aromatic carbocycles. The highest BCUT2D eigenvalue weighted by Gasteiger charge is 2.68. The summed E-state index contributed by atoms with van der Waals surface area (Å²) in [6.07, 6.45) is 0.401. The summed E-state index contributed by atoms with van der Waals surface area (Å²) in [5.74, 6) is -0.334. The first-order valence-corrected chi connectivity index (χ1v) is 10.5. The van der Waals surface area contributed by atoms with Gasteiger partial charge in [0.25, 0.3) is 0 Å². The highest BCUT2D eigenvalue weighted by Crippen LogP contribution is 2.64. The van der Waals surface area contributed by atoms with E-state index in [-0.39, 0.29) is 42.8 Å². The van der Waals surface area contributed by atoms with Gasteiger partial charge >= 0.3 is 0 Å². The summed E-state index contributed by atoms with van der Waals surface area (Å²) in [7, 11) is -3.72. The number of alkyl halides is 2. The zero-order chi connectivity index (χ0) is 19.3. The number of sulfonamides is 1. The highest BCUT2D eigenvalue weighted by atomic mass is 35.5. The molecule has 1 aromatic rings. The first-order chi connectivity index (χ1) is 12.0. The first-order valence-electron chi connectivity index (χ1n) is 8.27. The maximum absolute atomic E-state index is 12.8. The zero-order valence-electron chi connectivity index (χ0n) is 14.5. The SMILES string of the molecule is CC(=O)c1cccc(S(=O)(=O)N2CCN(C(=O)C3(C)CC3(Cl)Cl)CC2)c1. The Kier molecular flexibility index (Phi) is 4.88. The van der Waals surface area contributed by atoms with Crippen LogP contribution in [0.4, 0.5) is 0 Å². The smallest absolute Gasteiger partial charge is 0.243 e. The molecule has 1 atom stereocenters. The van der Waals surface area contributed by atoms with Gasteiger partial charge in [-0.3, -0.25) is 9.59 Å². The van der Waals surface area contributed by atoms with Gasteiger partial charge in [-0.2, -0.15) is 4.31 Å². The van der Waals surface area contributed by atoms with Crippen molar-refractivity contribution >= 4 is 44.9 Å². The average molecular weight is 419 g/mol. The van der Waals surface area contributed by atoms with E-state index in [1.165, 1.54) is 23.4 Å². The Bertz CT molecular complexity index is 863. The summed E-state index contributed by atoms with van der Waals surface area (Å²) in [4.78, 5) is 25.8. The number of amides is 1. The fourth-order valence-corrected chi connectivity index (χ4v) is 5.30. The minimum Gasteiger partial charge on any atom is -0.339 e. The van der Waals surface area contributed by atoms with E-state index in [2.05, 4.69) is 0 Å². The van der Waals surface area contributed by atoms with Gasteiger partial charge < -0.3 is 4.90 Å². The quantitative estimate of drug-likeness (QED) is 0.555. The molecule has 0 aromatic heterocycles. The van der Waals surface area contributed by atoms with Crippen molar-refractivity contribution in [1.82, 2.24) is 9.21 Å². The molecule has 3 rings (SSSR count). The van der Waals surface area contributed by atoms with Gasteiger partial charge in [0.1, 0.15) is 4.33 Å². The van der Waals surface area contributed by atoms with E-state index in [0.717, 1.165) is 0 Å². The molecule has 1 aliphatic heterocycles. The maximum Gasteiger partial charge on any atom is 0.243 e. The summed E-state index contributed by atoms with van der Waals surface area (Å²) in [5.41, 5.74) is -0.449. The molecule has 2 aliphatic rings. The van der Waals surface area contributed by atoms with Gasteiger partial charge in [-0.25, -0.2) is 8.42 Å². The molecular weight excluding hydrogens is 399 g/mol. The molecule has 1 amide bonds. The number of carbonyl (C=O) groups is 2. The molecule has 142 valence electrons. The van der Waals surface area contributed by atoms with Crippen LogP contribution in [-0.4, -0.2) is 59.8 Å². The van der Waals surface area contributed by atoms with Crippen LogP contribution in [0.3, 0.4) is 0 Å². The number of rotatable bonds is 4. The predicted molar refractivity (Wildman–Crippen MR) is 98.9 cm³/mol. The minimum absolute atomic E-state index is 0.0830. The topological polar surface area (TPSA) is 74.8 Å². The van der Waals surface area contributed by atoms with Crippen LogP contribution in [0.25, 0.3) is 0 Å². The van der Waals surface area contributed by atoms with E-state index in [0.29, 0.717) is 12.0 Å². The van der Waals surface area contributed by atoms with Crippen LogP contribution in [0.1, 0.15) is 30.6 Å². The van der Waals surface area contributed by atoms with Crippen LogP contribution in [-0.2, 0) is 14.8 Å². The van der Waals surface area contributed by atoms with Crippen molar-refractivity contribution in [2.45, 2.75) is 29.5 Å². The predicted octanol–water partition coefficient (Wildman–Crippen LogP) is 2.31. The molecule has 2 fully saturated rings. The van der Waals surface area contributed by atoms with Crippen LogP contribution in [0.2, 0.25) is 0 Å². The third-order valence-electron chi connectivity index (χ3n) is 5.13. The third kappa shape index (κ3) is 3.26. The Balaban J connectivity index is 1.71. The van der Waals surface area contributed by atoms with E-state index in [9.17, 15) is 18.0 Å². The Morgan fingerprint density at radius 2 is 1.69 bits per heavy atom. The lowest BCUT2D eigenvalue weighted by molar-refractivity contribution is -0.137. The molecule has 1 aliphatic carbocycles. The van der Waals surface area contributed by atoms with E-state index < -0.39 is 19.8 Å². The monoisotopic (exact) mass is 418 g/mol. The summed E-state index contributed by atoms with van der Waals surface area (Å²) >= 11 is 12.1. The van der Waals surface area contributed by atoms with Gasteiger partial charge in [0.15, 0.2) is 5.78 Å². The van der Waals surface area contributed by atoms with Gasteiger partial charge in [-0.1, -0.05) is 12.1 Å². The van der Waals surface area contributed by atoms with E-state index in [1.807, 2.05) is 0 Å². The van der Waals surface area contributed by atoms with E-state index in [1.54, 1.807) is 24.0 Å². The number of nitrogens with zero attached hydrogens (tertiary/aromatic N) is 2. The first kappa shape index (κ1) is 19.6. The van der Waals surface area contributed by atoms with E-state index >= 15 is 0 Å². The molecule has 6 nitrogen and oxygen atoms in total. The molecular formula is C17H20Cl2N2O4S. The minimum atomic E-state index is -3.72. The molecule has 26 heavy (non-hydrogen) atoms. The number of halogens is 2. The second-order valence-electron chi connectivity index (χ2n) is 6.99. The van der Waals surface area contributed by atoms with E-state index in [4.69, 9.17) is 23.2 Å². The number of benzene rings is 1. The van der Waals surface area contributed by atoms with Crippen molar-refractivity contribution in [2.24, 2.45) is 5.41 Å². The standard InChI is InChI=1S/C17H20Cl2N2O4S/c1-12(22)13-4-3-5-14(10-13)26(24,25)21-8-6-20(7-9-21)15(23)16(2)11-17(16,18)19/h3-5,10H,6-9,11H2,1-2H3. The lowest BCUT2D eigenvalue weighted by Crippen LogP contribution is -2.52. The van der Waals surface area contributed by atoms with Crippen LogP contribution in [0.5, 0.6) is 0 Å². The van der Waals surface area contributed by atoms with Crippen molar-refractivity contribution in [3.05, 3.63) is 29.8 Å². The van der Waals surface area contributed by atoms with Crippen molar-refractivity contribution in [3.63, 3.8) is 0 Å². The lowest BCUT2D eigenvalue weighted by atomic mass is 10.1. The van der Waals surface area contributed by atoms with Gasteiger partial charge in [-0.15, -0.1) is 23.2 Å². The maximum atomic E-state index is 12.8. The number of hydrogen-bond donors (Lipinski definition) is 0. The van der Waals surface area contributed by atoms with Crippen LogP contribution in [0, 0.1) is 5.41 Å². The Morgan fingerprint density at radius 1 is 1.12 bits per heavy atom. The lowest BCUT2D eigenvalue weighted by Gasteiger charge is -2.35. The average Bonchev–Trinajstić information content (AvgIpc) is 3.13. The molecule has 1 saturated heterocycles. The molecule has 0 radical (unpaired) electrons. The number of carbonyl (C=O) groups excluding carboxylic acids is 2. The van der Waals surface area contributed by atoms with Gasteiger partial charge in [0.2, 0.25) is 15.9 Å². The molecule has 0 bridgehead atoms. The Hall–Kier alpha value is -1.15. The molecule has 0 spiro atoms. The van der Waals surface area contributed by atoms with Crippen molar-refractivity contribution in [2.75, 3.05) is 26.2 Å². The highest BCUT2D eigenvalue weighted by molar-refractivity contribution is 7.89. The second kappa shape index (κ2) is 6.48. The number of Topliss-reactive ketones (excluding diaryl/α,β-unsaturated/α-hetero) is 1. The van der Waals surface area contributed by atoms with Crippen LogP contribution >= 0.6 is 23.2 Å². The summed E-state index contributed by atoms with van der Waals surface area (Å²) in [5, 5.41) is 0. The van der Waals surface area contributed by atoms with Crippen LogP contribution < -0.4 is 0 Å². The normalized spacial score (nSPS) is 25.8. The number of hydrogen-bond acceptors (Lipinski definition) is 4. The van der Waals surface area contributed by atoms with Crippen molar-refractivity contribution in [3.8, 4) is 0 Å². The van der Waals surface area contributed by atoms with Gasteiger partial charge in [-0.05, 0) is 32.4 Å². The van der Waals surface area contributed by atoms with Crippen molar-refractivity contribution in [1.29, 1.82) is 0 Å². The van der Waals surface area contributed by atoms with Crippen LogP contribution in [0.15, 0.2) is 29.2 Å². The number of ketones is 1. The second-order valence-corrected chi connectivity index (χ2v) is 10.4. The summed E-state index contributed by atoms with van der Waals surface area (Å²) in [6, 6.07) is 5.99. The molecule has 9 heteroatoms. The number of piperazine rings is 1. The van der Waals surface area contributed by atoms with Gasteiger partial charge in [0.05, 0.1) is 10.3 Å². The van der Waals surface area contributed by atoms with Gasteiger partial charge in [0, 0.05) is 31.7 Å². The van der Waals surface area contributed by atoms with Crippen molar-refractivity contribution < 1.29 is 18.0 Å². The Labute approximate surface area is 163 Å². The Morgan fingerprint density at radius 3 is 2.19 bits per heavy atom. The third-order valence-corrected chi connectivity index (χ3v) is 8.13. The molecule has 0 N–H and O–H groups in total. The summed E-state index contributed by atoms with van der Waals surface area (Å²) in [6.45, 7) is 4.06. The molecule has 1 saturated carbocycles. The molecule has 1 unspecified atom stereocenters. The molecule has 1 heterocycles. The largest absolute Gasteiger partial charge is 0.339 e. The summed E-state index contributed by atoms with van der Waals surface area (Å²) < 4.78 is 25.9. The fraction of sp³-hybridized carbons (Fsp3) is 0.529. The fourth-order valence-electron chi connectivity index (χ4n) is 3.14. The zero-order valence-corrected chi connectivity index (χ0v) is 16.9.